The Morgan fingerprint density at radius 2 is 1.94 bits per heavy atom. The second-order valence-corrected chi connectivity index (χ2v) is 5.94. The van der Waals surface area contributed by atoms with E-state index in [4.69, 9.17) is 10.4 Å². The van der Waals surface area contributed by atoms with Gasteiger partial charge in [0.25, 0.3) is 0 Å². The molecule has 1 atom stereocenters. The summed E-state index contributed by atoms with van der Waals surface area (Å²) in [5, 5.41) is 17.7. The van der Waals surface area contributed by atoms with E-state index in [-0.39, 0.29) is 18.1 Å². The molecule has 5 nitrogen and oxygen atoms in total. The minimum Gasteiger partial charge on any atom is -0.477 e. The molecule has 0 rings (SSSR count). The van der Waals surface area contributed by atoms with Crippen molar-refractivity contribution in [3.63, 3.8) is 0 Å². The average Bonchev–Trinajstić information content (AvgIpc) is 2.16. The zero-order valence-corrected chi connectivity index (χ0v) is 11.6. The molecule has 0 aromatic heterocycles. The summed E-state index contributed by atoms with van der Waals surface area (Å²) in [6, 6.07) is 0. The predicted molar refractivity (Wildman–Crippen MR) is 65.7 cm³/mol. The van der Waals surface area contributed by atoms with E-state index >= 15 is 0 Å². The molecule has 0 aliphatic rings. The van der Waals surface area contributed by atoms with Crippen molar-refractivity contribution in [2.75, 3.05) is 27.2 Å². The third-order valence-corrected chi connectivity index (χ3v) is 3.47. The number of aliphatic carboxylic acids is 1. The van der Waals surface area contributed by atoms with Gasteiger partial charge in [-0.1, -0.05) is 20.8 Å². The Hall–Kier alpha value is -0.650. The van der Waals surface area contributed by atoms with Crippen LogP contribution in [0.15, 0.2) is 0 Å². The standard InChI is InChI=1S/C12H25NO4/c1-6-12(2,3)10(17-16)7-8-13(4,5)9-11(14)15/h10H,6-9H2,1-5H3,(H-,14,15,16)/p+1. The first-order chi connectivity index (χ1) is 7.64. The minimum atomic E-state index is -0.814. The lowest BCUT2D eigenvalue weighted by atomic mass is 9.82. The number of hydrogen-bond donors (Lipinski definition) is 2. The Kier molecular flexibility index (Phi) is 6.09. The van der Waals surface area contributed by atoms with Gasteiger partial charge in [-0.25, -0.2) is 9.68 Å². The number of hydrogen-bond acceptors (Lipinski definition) is 3. The molecular formula is C12H26NO4+. The van der Waals surface area contributed by atoms with Gasteiger partial charge >= 0.3 is 5.97 Å². The summed E-state index contributed by atoms with van der Waals surface area (Å²) in [5.74, 6) is -0.814. The number of quaternary nitrogens is 1. The molecule has 5 heteroatoms. The molecule has 0 aliphatic heterocycles. The van der Waals surface area contributed by atoms with E-state index in [9.17, 15) is 4.79 Å². The van der Waals surface area contributed by atoms with Crippen LogP contribution in [-0.2, 0) is 9.68 Å². The van der Waals surface area contributed by atoms with Gasteiger partial charge in [-0.2, -0.15) is 0 Å². The summed E-state index contributed by atoms with van der Waals surface area (Å²) in [7, 11) is 3.73. The highest BCUT2D eigenvalue weighted by Crippen LogP contribution is 2.29. The first-order valence-electron chi connectivity index (χ1n) is 5.98. The second kappa shape index (κ2) is 6.33. The molecule has 0 amide bonds. The van der Waals surface area contributed by atoms with Crippen LogP contribution < -0.4 is 0 Å². The summed E-state index contributed by atoms with van der Waals surface area (Å²) >= 11 is 0. The highest BCUT2D eigenvalue weighted by molar-refractivity contribution is 5.67. The smallest absolute Gasteiger partial charge is 0.359 e. The van der Waals surface area contributed by atoms with Crippen LogP contribution in [0.3, 0.4) is 0 Å². The molecule has 0 spiro atoms. The maximum atomic E-state index is 10.7. The van der Waals surface area contributed by atoms with Crippen LogP contribution in [0.25, 0.3) is 0 Å². The van der Waals surface area contributed by atoms with Crippen molar-refractivity contribution in [3.05, 3.63) is 0 Å². The molecule has 0 saturated heterocycles. The topological polar surface area (TPSA) is 66.8 Å². The second-order valence-electron chi connectivity index (χ2n) is 5.94. The summed E-state index contributed by atoms with van der Waals surface area (Å²) in [5.41, 5.74) is -0.113. The third-order valence-electron chi connectivity index (χ3n) is 3.47. The molecule has 0 saturated carbocycles. The maximum Gasteiger partial charge on any atom is 0.359 e. The van der Waals surface area contributed by atoms with Crippen LogP contribution in [-0.4, -0.2) is 54.1 Å². The molecule has 0 radical (unpaired) electrons. The van der Waals surface area contributed by atoms with Crippen LogP contribution in [0.2, 0.25) is 0 Å². The fourth-order valence-corrected chi connectivity index (χ4v) is 1.73. The van der Waals surface area contributed by atoms with E-state index in [1.165, 1.54) is 0 Å². The van der Waals surface area contributed by atoms with E-state index in [1.54, 1.807) is 0 Å². The van der Waals surface area contributed by atoms with Crippen molar-refractivity contribution in [3.8, 4) is 0 Å². The monoisotopic (exact) mass is 248 g/mol. The lowest BCUT2D eigenvalue weighted by Crippen LogP contribution is -2.46. The molecular weight excluding hydrogens is 222 g/mol. The molecule has 0 aromatic carbocycles. The van der Waals surface area contributed by atoms with Gasteiger partial charge in [0.2, 0.25) is 0 Å². The normalized spacial score (nSPS) is 14.7. The van der Waals surface area contributed by atoms with Gasteiger partial charge in [0.15, 0.2) is 6.54 Å². The van der Waals surface area contributed by atoms with E-state index < -0.39 is 5.97 Å². The van der Waals surface area contributed by atoms with Gasteiger partial charge < -0.3 is 9.59 Å². The lowest BCUT2D eigenvalue weighted by Gasteiger charge is -2.34. The summed E-state index contributed by atoms with van der Waals surface area (Å²) in [6.07, 6.45) is 1.26. The van der Waals surface area contributed by atoms with E-state index in [0.29, 0.717) is 17.4 Å². The molecule has 2 N–H and O–H groups in total. The first-order valence-corrected chi connectivity index (χ1v) is 5.98. The number of rotatable bonds is 8. The number of likely N-dealkylation sites (N-methyl/N-ethyl adjacent to an activating group) is 1. The van der Waals surface area contributed by atoms with Crippen molar-refractivity contribution in [1.82, 2.24) is 0 Å². The van der Waals surface area contributed by atoms with Crippen LogP contribution in [0.4, 0.5) is 0 Å². The van der Waals surface area contributed by atoms with Gasteiger partial charge in [-0.3, -0.25) is 5.26 Å². The number of nitrogens with zero attached hydrogens (tertiary/aromatic N) is 1. The van der Waals surface area contributed by atoms with Gasteiger partial charge in [-0.15, -0.1) is 0 Å². The van der Waals surface area contributed by atoms with E-state index in [1.807, 2.05) is 34.9 Å². The summed E-state index contributed by atoms with van der Waals surface area (Å²) in [4.78, 5) is 15.2. The quantitative estimate of drug-likeness (QED) is 0.391. The number of carbonyl (C=O) groups is 1. The SMILES string of the molecule is CCC(C)(C)C(CC[N+](C)(C)CC(=O)O)OO. The minimum absolute atomic E-state index is 0.0741. The Bertz CT molecular complexity index is 251. The molecule has 1 unspecified atom stereocenters. The maximum absolute atomic E-state index is 10.7. The molecule has 102 valence electrons. The third kappa shape index (κ3) is 6.00. The predicted octanol–water partition coefficient (Wildman–Crippen LogP) is 1.83. The highest BCUT2D eigenvalue weighted by Gasteiger charge is 2.31. The van der Waals surface area contributed by atoms with Crippen molar-refractivity contribution < 1.29 is 24.5 Å². The van der Waals surface area contributed by atoms with Gasteiger partial charge in [0.05, 0.1) is 20.6 Å². The zero-order chi connectivity index (χ0) is 13.7. The van der Waals surface area contributed by atoms with Crippen molar-refractivity contribution >= 4 is 5.97 Å². The molecule has 0 fully saturated rings. The van der Waals surface area contributed by atoms with Gasteiger partial charge in [-0.05, 0) is 11.8 Å². The van der Waals surface area contributed by atoms with Crippen molar-refractivity contribution in [1.29, 1.82) is 0 Å². The van der Waals surface area contributed by atoms with E-state index in [2.05, 4.69) is 4.89 Å². The van der Waals surface area contributed by atoms with Crippen LogP contribution >= 0.6 is 0 Å². The number of carboxylic acid groups (broad SMARTS) is 1. The molecule has 17 heavy (non-hydrogen) atoms. The average molecular weight is 248 g/mol. The Morgan fingerprint density at radius 3 is 2.29 bits per heavy atom. The Labute approximate surface area is 104 Å². The van der Waals surface area contributed by atoms with Crippen LogP contribution in [0.5, 0.6) is 0 Å². The molecule has 0 aliphatic carbocycles. The first kappa shape index (κ1) is 16.4. The Morgan fingerprint density at radius 1 is 1.41 bits per heavy atom. The number of carboxylic acids is 1. The molecule has 0 heterocycles. The molecule has 0 bridgehead atoms. The highest BCUT2D eigenvalue weighted by atomic mass is 17.1. The largest absolute Gasteiger partial charge is 0.477 e. The fraction of sp³-hybridized carbons (Fsp3) is 0.917. The van der Waals surface area contributed by atoms with Gasteiger partial charge in [0, 0.05) is 6.42 Å². The van der Waals surface area contributed by atoms with Gasteiger partial charge in [0.1, 0.15) is 6.10 Å². The van der Waals surface area contributed by atoms with Crippen LogP contribution in [0, 0.1) is 5.41 Å². The van der Waals surface area contributed by atoms with Crippen molar-refractivity contribution in [2.24, 2.45) is 5.41 Å². The van der Waals surface area contributed by atoms with Crippen LogP contribution in [0.1, 0.15) is 33.6 Å². The Balaban J connectivity index is 4.37. The van der Waals surface area contributed by atoms with Crippen molar-refractivity contribution in [2.45, 2.75) is 39.7 Å². The summed E-state index contributed by atoms with van der Waals surface area (Å²) < 4.78 is 0.384. The fourth-order valence-electron chi connectivity index (χ4n) is 1.73. The zero-order valence-electron chi connectivity index (χ0n) is 11.6. The lowest BCUT2D eigenvalue weighted by molar-refractivity contribution is -0.883. The van der Waals surface area contributed by atoms with E-state index in [0.717, 1.165) is 6.42 Å². The summed E-state index contributed by atoms with van der Waals surface area (Å²) in [6.45, 7) is 6.84. The molecule has 0 aromatic rings.